The number of hydrogen-bond acceptors (Lipinski definition) is 3. The van der Waals surface area contributed by atoms with Crippen LogP contribution in [0.25, 0.3) is 0 Å². The molecule has 0 atom stereocenters. The van der Waals surface area contributed by atoms with Crippen LogP contribution < -0.4 is 0 Å². The summed E-state index contributed by atoms with van der Waals surface area (Å²) in [4.78, 5) is 28.6. The van der Waals surface area contributed by atoms with Gasteiger partial charge in [-0.15, -0.1) is 0 Å². The summed E-state index contributed by atoms with van der Waals surface area (Å²) in [5.74, 6) is -0.966. The number of carboxylic acid groups (broad SMARTS) is 1. The van der Waals surface area contributed by atoms with Crippen molar-refractivity contribution in [2.75, 3.05) is 39.3 Å². The first-order valence-electron chi connectivity index (χ1n) is 6.95. The fourth-order valence-electron chi connectivity index (χ4n) is 2.28. The molecule has 0 spiro atoms. The van der Waals surface area contributed by atoms with Gasteiger partial charge in [-0.05, 0) is 26.8 Å². The molecule has 1 rings (SSSR count). The summed E-state index contributed by atoms with van der Waals surface area (Å²) in [6.07, 6.45) is 1.12. The topological polar surface area (TPSA) is 64.1 Å². The minimum atomic E-state index is -0.966. The number of rotatable bonds is 5. The van der Waals surface area contributed by atoms with E-state index >= 15 is 0 Å². The Morgan fingerprint density at radius 1 is 1.21 bits per heavy atom. The second-order valence-corrected chi connectivity index (χ2v) is 5.23. The van der Waals surface area contributed by atoms with E-state index in [4.69, 9.17) is 5.11 Å². The predicted octanol–water partition coefficient (Wildman–Crippen LogP) is 0.929. The Bertz CT molecular complexity index is 312. The standard InChI is InChI=1S/C13H25N3O3/c1-4-5-14-6-8-15(9-7-14)13(19)16(11(2)3)10-12(17)18/h11H,4-10H2,1-3H3,(H,17,18). The van der Waals surface area contributed by atoms with Gasteiger partial charge in [-0.3, -0.25) is 9.69 Å². The van der Waals surface area contributed by atoms with Crippen molar-refractivity contribution in [1.29, 1.82) is 0 Å². The third-order valence-corrected chi connectivity index (χ3v) is 3.36. The van der Waals surface area contributed by atoms with Gasteiger partial charge < -0.3 is 14.9 Å². The first kappa shape index (κ1) is 15.8. The molecule has 1 aliphatic heterocycles. The van der Waals surface area contributed by atoms with Crippen LogP contribution in [-0.4, -0.2) is 77.1 Å². The SMILES string of the molecule is CCCN1CCN(C(=O)N(CC(=O)O)C(C)C)CC1. The van der Waals surface area contributed by atoms with Crippen LogP contribution in [0.15, 0.2) is 0 Å². The molecule has 110 valence electrons. The summed E-state index contributed by atoms with van der Waals surface area (Å²) in [6.45, 7) is 9.77. The number of hydrogen-bond donors (Lipinski definition) is 1. The first-order valence-corrected chi connectivity index (χ1v) is 6.95. The van der Waals surface area contributed by atoms with Crippen LogP contribution in [0.4, 0.5) is 4.79 Å². The average Bonchev–Trinajstić information content (AvgIpc) is 2.36. The Labute approximate surface area is 115 Å². The minimum Gasteiger partial charge on any atom is -0.480 e. The lowest BCUT2D eigenvalue weighted by Gasteiger charge is -2.38. The molecule has 0 saturated carbocycles. The zero-order chi connectivity index (χ0) is 14.4. The summed E-state index contributed by atoms with van der Waals surface area (Å²) in [5.41, 5.74) is 0. The van der Waals surface area contributed by atoms with E-state index in [1.807, 2.05) is 13.8 Å². The normalized spacial score (nSPS) is 16.7. The van der Waals surface area contributed by atoms with Gasteiger partial charge in [-0.25, -0.2) is 4.79 Å². The highest BCUT2D eigenvalue weighted by Gasteiger charge is 2.27. The van der Waals surface area contributed by atoms with Crippen LogP contribution in [0.1, 0.15) is 27.2 Å². The molecule has 1 N–H and O–H groups in total. The van der Waals surface area contributed by atoms with Gasteiger partial charge in [0.1, 0.15) is 6.54 Å². The summed E-state index contributed by atoms with van der Waals surface area (Å²) in [7, 11) is 0. The van der Waals surface area contributed by atoms with Crippen LogP contribution in [0.5, 0.6) is 0 Å². The summed E-state index contributed by atoms with van der Waals surface area (Å²) >= 11 is 0. The molecule has 6 heteroatoms. The molecule has 0 radical (unpaired) electrons. The van der Waals surface area contributed by atoms with Gasteiger partial charge in [0, 0.05) is 32.2 Å². The van der Waals surface area contributed by atoms with E-state index in [0.29, 0.717) is 13.1 Å². The number of urea groups is 1. The molecule has 0 aromatic rings. The fourth-order valence-corrected chi connectivity index (χ4v) is 2.28. The fraction of sp³-hybridized carbons (Fsp3) is 0.846. The third kappa shape index (κ3) is 4.70. The zero-order valence-electron chi connectivity index (χ0n) is 12.1. The number of nitrogens with zero attached hydrogens (tertiary/aromatic N) is 3. The summed E-state index contributed by atoms with van der Waals surface area (Å²) < 4.78 is 0. The maximum atomic E-state index is 12.3. The quantitative estimate of drug-likeness (QED) is 0.808. The minimum absolute atomic E-state index is 0.0997. The maximum absolute atomic E-state index is 12.3. The van der Waals surface area contributed by atoms with Gasteiger partial charge in [0.25, 0.3) is 0 Å². The molecule has 0 aromatic carbocycles. The van der Waals surface area contributed by atoms with Crippen molar-refractivity contribution < 1.29 is 14.7 Å². The van der Waals surface area contributed by atoms with Gasteiger partial charge in [0.05, 0.1) is 0 Å². The van der Waals surface area contributed by atoms with Gasteiger partial charge in [-0.1, -0.05) is 6.92 Å². The Hall–Kier alpha value is -1.30. The summed E-state index contributed by atoms with van der Waals surface area (Å²) in [5, 5.41) is 8.87. The van der Waals surface area contributed by atoms with E-state index in [1.165, 1.54) is 4.90 Å². The van der Waals surface area contributed by atoms with E-state index in [0.717, 1.165) is 26.1 Å². The Morgan fingerprint density at radius 2 is 1.79 bits per heavy atom. The van der Waals surface area contributed by atoms with E-state index in [2.05, 4.69) is 11.8 Å². The van der Waals surface area contributed by atoms with Gasteiger partial charge in [0.2, 0.25) is 0 Å². The van der Waals surface area contributed by atoms with Gasteiger partial charge in [0.15, 0.2) is 0 Å². The number of carbonyl (C=O) groups is 2. The van der Waals surface area contributed by atoms with Crippen molar-refractivity contribution in [2.45, 2.75) is 33.2 Å². The largest absolute Gasteiger partial charge is 0.480 e. The van der Waals surface area contributed by atoms with Crippen LogP contribution in [0.3, 0.4) is 0 Å². The highest BCUT2D eigenvalue weighted by molar-refractivity contribution is 5.80. The number of amides is 2. The molecule has 1 fully saturated rings. The molecule has 0 aliphatic carbocycles. The monoisotopic (exact) mass is 271 g/mol. The van der Waals surface area contributed by atoms with E-state index in [1.54, 1.807) is 4.90 Å². The number of aliphatic carboxylic acids is 1. The lowest BCUT2D eigenvalue weighted by Crippen LogP contribution is -2.55. The van der Waals surface area contributed by atoms with Crippen molar-refractivity contribution in [2.24, 2.45) is 0 Å². The predicted molar refractivity (Wildman–Crippen MR) is 73.2 cm³/mol. The molecule has 2 amide bonds. The van der Waals surface area contributed by atoms with Crippen LogP contribution >= 0.6 is 0 Å². The zero-order valence-corrected chi connectivity index (χ0v) is 12.1. The van der Waals surface area contributed by atoms with Crippen molar-refractivity contribution in [3.63, 3.8) is 0 Å². The van der Waals surface area contributed by atoms with Crippen LogP contribution in [0, 0.1) is 0 Å². The van der Waals surface area contributed by atoms with Crippen LogP contribution in [-0.2, 0) is 4.79 Å². The molecule has 6 nitrogen and oxygen atoms in total. The highest BCUT2D eigenvalue weighted by atomic mass is 16.4. The van der Waals surface area contributed by atoms with Crippen molar-refractivity contribution in [1.82, 2.24) is 14.7 Å². The Kier molecular flexibility index (Phi) is 6.08. The summed E-state index contributed by atoms with van der Waals surface area (Å²) in [6, 6.07) is -0.259. The molecular formula is C13H25N3O3. The van der Waals surface area contributed by atoms with Gasteiger partial charge in [-0.2, -0.15) is 0 Å². The maximum Gasteiger partial charge on any atom is 0.323 e. The second-order valence-electron chi connectivity index (χ2n) is 5.23. The Morgan fingerprint density at radius 3 is 2.21 bits per heavy atom. The smallest absolute Gasteiger partial charge is 0.323 e. The van der Waals surface area contributed by atoms with E-state index < -0.39 is 5.97 Å². The number of carboxylic acids is 1. The number of piperazine rings is 1. The van der Waals surface area contributed by atoms with Crippen molar-refractivity contribution in [3.05, 3.63) is 0 Å². The molecule has 19 heavy (non-hydrogen) atoms. The molecule has 1 aliphatic rings. The average molecular weight is 271 g/mol. The lowest BCUT2D eigenvalue weighted by molar-refractivity contribution is -0.138. The second kappa shape index (κ2) is 7.33. The molecule has 1 saturated heterocycles. The number of carbonyl (C=O) groups excluding carboxylic acids is 1. The highest BCUT2D eigenvalue weighted by Crippen LogP contribution is 2.09. The van der Waals surface area contributed by atoms with Crippen molar-refractivity contribution >= 4 is 12.0 Å². The van der Waals surface area contributed by atoms with Crippen molar-refractivity contribution in [3.8, 4) is 0 Å². The third-order valence-electron chi connectivity index (χ3n) is 3.36. The van der Waals surface area contributed by atoms with E-state index in [9.17, 15) is 9.59 Å². The van der Waals surface area contributed by atoms with Gasteiger partial charge >= 0.3 is 12.0 Å². The molecule has 1 heterocycles. The Balaban J connectivity index is 2.54. The first-order chi connectivity index (χ1) is 8.95. The van der Waals surface area contributed by atoms with Crippen LogP contribution in [0.2, 0.25) is 0 Å². The van der Waals surface area contributed by atoms with E-state index in [-0.39, 0.29) is 18.6 Å². The molecular weight excluding hydrogens is 246 g/mol. The molecule has 0 bridgehead atoms. The lowest BCUT2D eigenvalue weighted by atomic mass is 10.3. The molecule has 0 unspecified atom stereocenters. The molecule has 0 aromatic heterocycles.